The zero-order valence-corrected chi connectivity index (χ0v) is 17.0. The van der Waals surface area contributed by atoms with Crippen LogP contribution in [0.25, 0.3) is 0 Å². The Bertz CT molecular complexity index is 780. The lowest BCUT2D eigenvalue weighted by Gasteiger charge is -2.43. The molecule has 0 N–H and O–H groups in total. The Morgan fingerprint density at radius 1 is 1.14 bits per heavy atom. The average molecular weight is 405 g/mol. The first-order valence-electron chi connectivity index (χ1n) is 9.57. The number of nitrogens with zero attached hydrogens (tertiary/aromatic N) is 2. The van der Waals surface area contributed by atoms with E-state index < -0.39 is 0 Å². The van der Waals surface area contributed by atoms with E-state index in [-0.39, 0.29) is 24.4 Å². The van der Waals surface area contributed by atoms with E-state index >= 15 is 0 Å². The van der Waals surface area contributed by atoms with Gasteiger partial charge >= 0.3 is 0 Å². The van der Waals surface area contributed by atoms with Gasteiger partial charge in [0.2, 0.25) is 0 Å². The van der Waals surface area contributed by atoms with Crippen LogP contribution >= 0.6 is 11.6 Å². The van der Waals surface area contributed by atoms with Crippen LogP contribution in [0.15, 0.2) is 48.5 Å². The molecule has 0 saturated carbocycles. The summed E-state index contributed by atoms with van der Waals surface area (Å²) in [5.41, 5.74) is 1.08. The van der Waals surface area contributed by atoms with E-state index in [1.54, 1.807) is 24.3 Å². The lowest BCUT2D eigenvalue weighted by molar-refractivity contribution is -0.139. The zero-order valence-electron chi connectivity index (χ0n) is 16.3. The average Bonchev–Trinajstić information content (AvgIpc) is 2.69. The zero-order chi connectivity index (χ0) is 20.1. The number of ether oxygens (including phenoxy) is 1. The van der Waals surface area contributed by atoms with E-state index in [0.717, 1.165) is 25.2 Å². The minimum Gasteiger partial charge on any atom is -0.484 e. The van der Waals surface area contributed by atoms with Crippen LogP contribution in [0.5, 0.6) is 5.75 Å². The fourth-order valence-electron chi connectivity index (χ4n) is 3.50. The van der Waals surface area contributed by atoms with Gasteiger partial charge in [-0.3, -0.25) is 9.69 Å². The van der Waals surface area contributed by atoms with Crippen LogP contribution in [0, 0.1) is 11.7 Å². The number of benzene rings is 2. The molecule has 2 aromatic rings. The summed E-state index contributed by atoms with van der Waals surface area (Å²) in [6.07, 6.45) is 0. The van der Waals surface area contributed by atoms with E-state index in [9.17, 15) is 9.18 Å². The molecule has 4 nitrogen and oxygen atoms in total. The summed E-state index contributed by atoms with van der Waals surface area (Å²) in [6, 6.07) is 13.7. The molecule has 2 aromatic carbocycles. The SMILES string of the molecule is CC(C)[C@@H]1CN(Cc2ccc(F)cc2)CCN1C(=O)COc1ccc(Cl)cc1. The summed E-state index contributed by atoms with van der Waals surface area (Å²) < 4.78 is 18.8. The molecule has 6 heteroatoms. The Morgan fingerprint density at radius 3 is 2.46 bits per heavy atom. The van der Waals surface area contributed by atoms with Gasteiger partial charge in [-0.15, -0.1) is 0 Å². The molecule has 1 aliphatic rings. The van der Waals surface area contributed by atoms with E-state index in [0.29, 0.717) is 23.2 Å². The number of hydrogen-bond donors (Lipinski definition) is 0. The number of rotatable bonds is 6. The molecule has 1 amide bonds. The molecule has 0 radical (unpaired) electrons. The molecule has 1 saturated heterocycles. The second-order valence-electron chi connectivity index (χ2n) is 7.50. The predicted octanol–water partition coefficient (Wildman–Crippen LogP) is 4.23. The van der Waals surface area contributed by atoms with Gasteiger partial charge in [-0.25, -0.2) is 4.39 Å². The Hall–Kier alpha value is -2.11. The monoisotopic (exact) mass is 404 g/mol. The molecule has 0 aromatic heterocycles. The molecule has 0 bridgehead atoms. The number of hydrogen-bond acceptors (Lipinski definition) is 3. The maximum absolute atomic E-state index is 13.1. The van der Waals surface area contributed by atoms with Crippen LogP contribution in [0.2, 0.25) is 5.02 Å². The molecular formula is C22H26ClFN2O2. The third-order valence-corrected chi connectivity index (χ3v) is 5.34. The minimum atomic E-state index is -0.222. The summed E-state index contributed by atoms with van der Waals surface area (Å²) in [5, 5.41) is 0.635. The summed E-state index contributed by atoms with van der Waals surface area (Å²) >= 11 is 5.88. The van der Waals surface area contributed by atoms with Gasteiger partial charge < -0.3 is 9.64 Å². The highest BCUT2D eigenvalue weighted by molar-refractivity contribution is 6.30. The van der Waals surface area contributed by atoms with Gasteiger partial charge in [-0.1, -0.05) is 37.6 Å². The van der Waals surface area contributed by atoms with Crippen LogP contribution in [0.1, 0.15) is 19.4 Å². The van der Waals surface area contributed by atoms with Crippen molar-refractivity contribution in [3.8, 4) is 5.75 Å². The molecule has 1 atom stereocenters. The fraction of sp³-hybridized carbons (Fsp3) is 0.409. The standard InChI is InChI=1S/C22H26ClFN2O2/c1-16(2)21-14-25(13-17-3-7-19(24)8-4-17)11-12-26(21)22(27)15-28-20-9-5-18(23)6-10-20/h3-10,16,21H,11-15H2,1-2H3/t21-/m0/s1. The number of amides is 1. The summed E-state index contributed by atoms with van der Waals surface area (Å²) in [4.78, 5) is 17.0. The van der Waals surface area contributed by atoms with Gasteiger partial charge in [-0.05, 0) is 47.9 Å². The van der Waals surface area contributed by atoms with Crippen molar-refractivity contribution in [2.24, 2.45) is 5.92 Å². The van der Waals surface area contributed by atoms with Crippen LogP contribution in [-0.4, -0.2) is 48.0 Å². The Kier molecular flexibility index (Phi) is 6.92. The van der Waals surface area contributed by atoms with Crippen molar-refractivity contribution in [1.82, 2.24) is 9.80 Å². The van der Waals surface area contributed by atoms with Crippen molar-refractivity contribution in [2.45, 2.75) is 26.4 Å². The molecule has 3 rings (SSSR count). The third kappa shape index (κ3) is 5.46. The van der Waals surface area contributed by atoms with Gasteiger partial charge in [0.1, 0.15) is 11.6 Å². The molecular weight excluding hydrogens is 379 g/mol. The van der Waals surface area contributed by atoms with E-state index in [1.165, 1.54) is 12.1 Å². The first kappa shape index (κ1) is 20.6. The third-order valence-electron chi connectivity index (χ3n) is 5.09. The number of carbonyl (C=O) groups excluding carboxylic acids is 1. The van der Waals surface area contributed by atoms with Crippen LogP contribution in [0.3, 0.4) is 0 Å². The second-order valence-corrected chi connectivity index (χ2v) is 7.94. The molecule has 0 spiro atoms. The van der Waals surface area contributed by atoms with E-state index in [1.807, 2.05) is 17.0 Å². The van der Waals surface area contributed by atoms with Gasteiger partial charge in [0, 0.05) is 37.2 Å². The lowest BCUT2D eigenvalue weighted by Crippen LogP contribution is -2.57. The molecule has 28 heavy (non-hydrogen) atoms. The largest absolute Gasteiger partial charge is 0.484 e. The Labute approximate surface area is 170 Å². The maximum Gasteiger partial charge on any atom is 0.260 e. The fourth-order valence-corrected chi connectivity index (χ4v) is 3.63. The van der Waals surface area contributed by atoms with Gasteiger partial charge in [-0.2, -0.15) is 0 Å². The molecule has 1 aliphatic heterocycles. The minimum absolute atomic E-state index is 0.00455. The smallest absolute Gasteiger partial charge is 0.260 e. The van der Waals surface area contributed by atoms with Crippen molar-refractivity contribution in [1.29, 1.82) is 0 Å². The van der Waals surface area contributed by atoms with Crippen molar-refractivity contribution >= 4 is 17.5 Å². The van der Waals surface area contributed by atoms with Crippen LogP contribution < -0.4 is 4.74 Å². The topological polar surface area (TPSA) is 32.8 Å². The highest BCUT2D eigenvalue weighted by atomic mass is 35.5. The van der Waals surface area contributed by atoms with Crippen molar-refractivity contribution < 1.29 is 13.9 Å². The van der Waals surface area contributed by atoms with Crippen molar-refractivity contribution in [3.63, 3.8) is 0 Å². The van der Waals surface area contributed by atoms with E-state index in [4.69, 9.17) is 16.3 Å². The number of carbonyl (C=O) groups is 1. The first-order valence-corrected chi connectivity index (χ1v) is 9.95. The van der Waals surface area contributed by atoms with E-state index in [2.05, 4.69) is 18.7 Å². The Balaban J connectivity index is 1.58. The molecule has 0 aliphatic carbocycles. The molecule has 1 heterocycles. The number of halogens is 2. The van der Waals surface area contributed by atoms with Crippen molar-refractivity contribution in [3.05, 3.63) is 64.9 Å². The predicted molar refractivity (Wildman–Crippen MR) is 109 cm³/mol. The molecule has 1 fully saturated rings. The highest BCUT2D eigenvalue weighted by Crippen LogP contribution is 2.20. The summed E-state index contributed by atoms with van der Waals surface area (Å²) in [7, 11) is 0. The Morgan fingerprint density at radius 2 is 1.82 bits per heavy atom. The van der Waals surface area contributed by atoms with Gasteiger partial charge in [0.25, 0.3) is 5.91 Å². The summed E-state index contributed by atoms with van der Waals surface area (Å²) in [6.45, 7) is 7.27. The van der Waals surface area contributed by atoms with Gasteiger partial charge in [0.05, 0.1) is 0 Å². The number of piperazine rings is 1. The van der Waals surface area contributed by atoms with Crippen molar-refractivity contribution in [2.75, 3.05) is 26.2 Å². The normalized spacial score (nSPS) is 17.8. The van der Waals surface area contributed by atoms with Crippen LogP contribution in [-0.2, 0) is 11.3 Å². The lowest BCUT2D eigenvalue weighted by atomic mass is 9.99. The van der Waals surface area contributed by atoms with Gasteiger partial charge in [0.15, 0.2) is 6.61 Å². The maximum atomic E-state index is 13.1. The first-order chi connectivity index (χ1) is 13.4. The molecule has 0 unspecified atom stereocenters. The quantitative estimate of drug-likeness (QED) is 0.722. The molecule has 150 valence electrons. The van der Waals surface area contributed by atoms with Crippen LogP contribution in [0.4, 0.5) is 4.39 Å². The second kappa shape index (κ2) is 9.39. The highest BCUT2D eigenvalue weighted by Gasteiger charge is 2.32. The summed E-state index contributed by atoms with van der Waals surface area (Å²) in [5.74, 6) is 0.735.